The maximum Gasteiger partial charge on any atom is 0.264 e. The summed E-state index contributed by atoms with van der Waals surface area (Å²) in [5.41, 5.74) is 2.38. The molecule has 1 aliphatic carbocycles. The van der Waals surface area contributed by atoms with Gasteiger partial charge in [-0.15, -0.1) is 11.8 Å². The fourth-order valence-corrected chi connectivity index (χ4v) is 3.66. The van der Waals surface area contributed by atoms with Crippen LogP contribution in [-0.2, 0) is 12.8 Å². The molecule has 0 aliphatic heterocycles. The average molecular weight is 329 g/mol. The van der Waals surface area contributed by atoms with E-state index in [9.17, 15) is 9.59 Å². The monoisotopic (exact) mass is 329 g/mol. The first-order valence-corrected chi connectivity index (χ1v) is 8.76. The van der Waals surface area contributed by atoms with Crippen molar-refractivity contribution in [1.29, 1.82) is 0 Å². The fourth-order valence-electron chi connectivity index (χ4n) is 2.86. The highest BCUT2D eigenvalue weighted by Gasteiger charge is 2.22. The number of benzene rings is 1. The molecule has 2 N–H and O–H groups in total. The van der Waals surface area contributed by atoms with Gasteiger partial charge >= 0.3 is 0 Å². The Morgan fingerprint density at radius 3 is 3.09 bits per heavy atom. The summed E-state index contributed by atoms with van der Waals surface area (Å²) >= 11 is 1.67. The number of rotatable bonds is 4. The minimum absolute atomic E-state index is 0.0401. The van der Waals surface area contributed by atoms with Crippen LogP contribution < -0.4 is 10.9 Å². The number of aromatic amines is 1. The Balaban J connectivity index is 1.73. The third kappa shape index (κ3) is 3.64. The number of hydrogen-bond acceptors (Lipinski definition) is 4. The zero-order valence-corrected chi connectivity index (χ0v) is 13.8. The van der Waals surface area contributed by atoms with Crippen molar-refractivity contribution >= 4 is 17.7 Å². The van der Waals surface area contributed by atoms with Crippen LogP contribution >= 0.6 is 11.8 Å². The van der Waals surface area contributed by atoms with E-state index in [-0.39, 0.29) is 17.5 Å². The van der Waals surface area contributed by atoms with Crippen molar-refractivity contribution in [2.24, 2.45) is 0 Å². The molecule has 6 heteroatoms. The largest absolute Gasteiger partial charge is 0.349 e. The second-order valence-corrected chi connectivity index (χ2v) is 6.85. The lowest BCUT2D eigenvalue weighted by molar-refractivity contribution is 0.0930. The van der Waals surface area contributed by atoms with Gasteiger partial charge < -0.3 is 5.32 Å². The van der Waals surface area contributed by atoms with Crippen LogP contribution in [0, 0.1) is 0 Å². The van der Waals surface area contributed by atoms with Gasteiger partial charge in [0.1, 0.15) is 0 Å². The Bertz CT molecular complexity index is 772. The first kappa shape index (κ1) is 15.8. The van der Waals surface area contributed by atoms with E-state index in [0.29, 0.717) is 12.0 Å². The van der Waals surface area contributed by atoms with Crippen LogP contribution in [0.4, 0.5) is 0 Å². The predicted molar refractivity (Wildman–Crippen MR) is 91.0 cm³/mol. The molecule has 0 spiro atoms. The fraction of sp³-hybridized carbons (Fsp3) is 0.353. The minimum Gasteiger partial charge on any atom is -0.349 e. The van der Waals surface area contributed by atoms with E-state index >= 15 is 0 Å². The third-order valence-electron chi connectivity index (χ3n) is 3.94. The lowest BCUT2D eigenvalue weighted by Crippen LogP contribution is -2.39. The summed E-state index contributed by atoms with van der Waals surface area (Å²) in [5, 5.41) is 9.64. The molecule has 0 radical (unpaired) electrons. The number of amides is 1. The van der Waals surface area contributed by atoms with Crippen LogP contribution in [0.5, 0.6) is 0 Å². The van der Waals surface area contributed by atoms with Gasteiger partial charge in [-0.05, 0) is 42.7 Å². The molecule has 1 atom stereocenters. The number of hydrogen-bond donors (Lipinski definition) is 2. The molecule has 1 aromatic heterocycles. The molecule has 0 fully saturated rings. The highest BCUT2D eigenvalue weighted by Crippen LogP contribution is 2.23. The van der Waals surface area contributed by atoms with Crippen LogP contribution in [0.1, 0.15) is 35.0 Å². The first-order chi connectivity index (χ1) is 11.2. The first-order valence-electron chi connectivity index (χ1n) is 7.77. The zero-order valence-electron chi connectivity index (χ0n) is 13.0. The molecule has 23 heavy (non-hydrogen) atoms. The smallest absolute Gasteiger partial charge is 0.264 e. The van der Waals surface area contributed by atoms with Crippen LogP contribution in [0.15, 0.2) is 40.0 Å². The van der Waals surface area contributed by atoms with Gasteiger partial charge in [-0.1, -0.05) is 19.1 Å². The van der Waals surface area contributed by atoms with Crippen molar-refractivity contribution < 1.29 is 4.79 Å². The number of fused-ring (bicyclic) bond motifs is 1. The third-order valence-corrected chi connectivity index (χ3v) is 4.90. The normalized spacial score (nSPS) is 16.7. The maximum atomic E-state index is 12.6. The molecule has 120 valence electrons. The second-order valence-electron chi connectivity index (χ2n) is 5.55. The summed E-state index contributed by atoms with van der Waals surface area (Å²) < 4.78 is 0. The van der Waals surface area contributed by atoms with Gasteiger partial charge in [0.15, 0.2) is 0 Å². The van der Waals surface area contributed by atoms with E-state index in [1.807, 2.05) is 24.3 Å². The van der Waals surface area contributed by atoms with Crippen molar-refractivity contribution in [3.05, 3.63) is 57.5 Å². The van der Waals surface area contributed by atoms with Crippen molar-refractivity contribution in [1.82, 2.24) is 15.5 Å². The number of thioether (sulfide) groups is 1. The quantitative estimate of drug-likeness (QED) is 0.843. The molecule has 0 unspecified atom stereocenters. The Kier molecular flexibility index (Phi) is 4.81. The molecule has 1 amide bonds. The summed E-state index contributed by atoms with van der Waals surface area (Å²) in [6, 6.07) is 9.29. The number of carbonyl (C=O) groups excluding carboxylic acids is 1. The van der Waals surface area contributed by atoms with Crippen LogP contribution in [0.3, 0.4) is 0 Å². The summed E-state index contributed by atoms with van der Waals surface area (Å²) in [4.78, 5) is 25.0. The van der Waals surface area contributed by atoms with Crippen molar-refractivity contribution in [3.8, 4) is 0 Å². The van der Waals surface area contributed by atoms with E-state index in [2.05, 4.69) is 22.4 Å². The predicted octanol–water partition coefficient (Wildman–Crippen LogP) is 2.17. The average Bonchev–Trinajstić information content (AvgIpc) is 2.55. The van der Waals surface area contributed by atoms with Crippen LogP contribution in [-0.4, -0.2) is 27.9 Å². The molecule has 0 saturated carbocycles. The Labute approximate surface area is 138 Å². The summed E-state index contributed by atoms with van der Waals surface area (Å²) in [6.07, 6.45) is 2.25. The van der Waals surface area contributed by atoms with Crippen molar-refractivity contribution in [2.75, 3.05) is 5.75 Å². The van der Waals surface area contributed by atoms with Gasteiger partial charge in [0, 0.05) is 17.0 Å². The van der Waals surface area contributed by atoms with Crippen molar-refractivity contribution in [3.63, 3.8) is 0 Å². The summed E-state index contributed by atoms with van der Waals surface area (Å²) in [5.74, 6) is 0.878. The highest BCUT2D eigenvalue weighted by atomic mass is 32.2. The molecule has 2 aromatic rings. The van der Waals surface area contributed by atoms with Crippen LogP contribution in [0.25, 0.3) is 0 Å². The Hall–Kier alpha value is -2.08. The van der Waals surface area contributed by atoms with E-state index in [1.165, 1.54) is 0 Å². The minimum atomic E-state index is -0.194. The topological polar surface area (TPSA) is 74.8 Å². The molecule has 3 rings (SSSR count). The number of aromatic nitrogens is 2. The molecular weight excluding hydrogens is 310 g/mol. The van der Waals surface area contributed by atoms with Crippen molar-refractivity contribution in [2.45, 2.75) is 37.1 Å². The summed E-state index contributed by atoms with van der Waals surface area (Å²) in [7, 11) is 0. The molecule has 0 saturated heterocycles. The summed E-state index contributed by atoms with van der Waals surface area (Å²) in [6.45, 7) is 2.07. The van der Waals surface area contributed by atoms with Gasteiger partial charge in [0.2, 0.25) is 0 Å². The SMILES string of the molecule is CCSc1ccccc1C(=O)N[C@H]1CCc2n[nH]c(=O)cc2C1. The second kappa shape index (κ2) is 7.00. The van der Waals surface area contributed by atoms with E-state index in [4.69, 9.17) is 0 Å². The standard InChI is InChI=1S/C17H19N3O2S/c1-2-23-15-6-4-3-5-13(15)17(22)18-12-7-8-14-11(9-12)10-16(21)20-19-14/h3-6,10,12H,2,7-9H2,1H3,(H,18,22)(H,20,21)/t12-/m0/s1. The lowest BCUT2D eigenvalue weighted by atomic mass is 9.92. The van der Waals surface area contributed by atoms with Gasteiger partial charge in [-0.3, -0.25) is 9.59 Å². The number of aryl methyl sites for hydroxylation is 1. The molecule has 1 heterocycles. The Morgan fingerprint density at radius 1 is 1.43 bits per heavy atom. The zero-order chi connectivity index (χ0) is 16.2. The molecule has 0 bridgehead atoms. The van der Waals surface area contributed by atoms with Gasteiger partial charge in [0.25, 0.3) is 11.5 Å². The molecular formula is C17H19N3O2S. The van der Waals surface area contributed by atoms with Gasteiger partial charge in [-0.2, -0.15) is 5.10 Å². The Morgan fingerprint density at radius 2 is 2.26 bits per heavy atom. The molecule has 1 aliphatic rings. The van der Waals surface area contributed by atoms with Gasteiger partial charge in [0.05, 0.1) is 11.3 Å². The van der Waals surface area contributed by atoms with E-state index in [1.54, 1.807) is 17.8 Å². The van der Waals surface area contributed by atoms with Crippen LogP contribution in [0.2, 0.25) is 0 Å². The van der Waals surface area contributed by atoms with E-state index in [0.717, 1.165) is 34.7 Å². The highest BCUT2D eigenvalue weighted by molar-refractivity contribution is 7.99. The van der Waals surface area contributed by atoms with E-state index < -0.39 is 0 Å². The molecule has 1 aromatic carbocycles. The number of nitrogens with zero attached hydrogens (tertiary/aromatic N) is 1. The lowest BCUT2D eigenvalue weighted by Gasteiger charge is -2.24. The number of nitrogens with one attached hydrogen (secondary N) is 2. The maximum absolute atomic E-state index is 12.6. The number of carbonyl (C=O) groups is 1. The molecule has 5 nitrogen and oxygen atoms in total. The number of H-pyrrole nitrogens is 1. The van der Waals surface area contributed by atoms with Gasteiger partial charge in [-0.25, -0.2) is 5.10 Å².